The molecule has 1 aliphatic heterocycles. The number of anilines is 1. The summed E-state index contributed by atoms with van der Waals surface area (Å²) in [6.07, 6.45) is 2.54. The number of amides is 1. The van der Waals surface area contributed by atoms with Gasteiger partial charge in [-0.15, -0.1) is 0 Å². The van der Waals surface area contributed by atoms with Gasteiger partial charge in [-0.2, -0.15) is 0 Å². The lowest BCUT2D eigenvalue weighted by Gasteiger charge is -2.35. The van der Waals surface area contributed by atoms with Crippen molar-refractivity contribution in [1.82, 2.24) is 24.8 Å². The lowest BCUT2D eigenvalue weighted by Crippen LogP contribution is -2.49. The Morgan fingerprint density at radius 2 is 1.92 bits per heavy atom. The topological polar surface area (TPSA) is 95.1 Å². The Morgan fingerprint density at radius 1 is 1.19 bits per heavy atom. The molecular weight excluding hydrogens is 332 g/mol. The minimum atomic E-state index is -0.227. The number of piperazine rings is 1. The number of hydrogen-bond donors (Lipinski definition) is 1. The summed E-state index contributed by atoms with van der Waals surface area (Å²) in [4.78, 5) is 44.1. The Morgan fingerprint density at radius 3 is 2.58 bits per heavy atom. The molecule has 1 saturated heterocycles. The van der Waals surface area contributed by atoms with Crippen LogP contribution in [0.2, 0.25) is 0 Å². The molecule has 2 aromatic heterocycles. The zero-order valence-electron chi connectivity index (χ0n) is 15.4. The van der Waals surface area contributed by atoms with E-state index in [1.54, 1.807) is 25.1 Å². The van der Waals surface area contributed by atoms with Gasteiger partial charge in [0, 0.05) is 49.2 Å². The summed E-state index contributed by atoms with van der Waals surface area (Å²) in [5, 5.41) is 0. The zero-order chi connectivity index (χ0) is 18.7. The molecule has 0 atom stereocenters. The van der Waals surface area contributed by atoms with Crippen molar-refractivity contribution in [3.63, 3.8) is 0 Å². The van der Waals surface area contributed by atoms with Gasteiger partial charge in [-0.05, 0) is 20.3 Å². The smallest absolute Gasteiger partial charge is 0.254 e. The van der Waals surface area contributed by atoms with Gasteiger partial charge in [0.1, 0.15) is 18.0 Å². The number of aromatic nitrogens is 4. The van der Waals surface area contributed by atoms with Crippen LogP contribution in [0.1, 0.15) is 29.7 Å². The Hall–Kier alpha value is -2.77. The molecule has 1 amide bonds. The molecule has 1 aliphatic rings. The molecule has 26 heavy (non-hydrogen) atoms. The van der Waals surface area contributed by atoms with E-state index in [2.05, 4.69) is 31.8 Å². The lowest BCUT2D eigenvalue weighted by molar-refractivity contribution is -0.130. The fourth-order valence-electron chi connectivity index (χ4n) is 3.16. The molecule has 0 bridgehead atoms. The standard InChI is InChI=1S/C18H24N6O2/c1-4-14-9-16(20-11-19-14)23-5-7-24(8-6-23)17(25)10-15-12(2)21-13(3)22-18(15)26/h9,11H,4-8,10H2,1-3H3,(H,21,22,26). The van der Waals surface area contributed by atoms with Gasteiger partial charge in [0.05, 0.1) is 6.42 Å². The van der Waals surface area contributed by atoms with Crippen molar-refractivity contribution in [3.8, 4) is 0 Å². The monoisotopic (exact) mass is 356 g/mol. The summed E-state index contributed by atoms with van der Waals surface area (Å²) in [7, 11) is 0. The summed E-state index contributed by atoms with van der Waals surface area (Å²) in [5.74, 6) is 1.42. The van der Waals surface area contributed by atoms with Crippen LogP contribution in [0.25, 0.3) is 0 Å². The summed E-state index contributed by atoms with van der Waals surface area (Å²) < 4.78 is 0. The molecule has 8 heteroatoms. The fraction of sp³-hybridized carbons (Fsp3) is 0.500. The molecule has 1 N–H and O–H groups in total. The quantitative estimate of drug-likeness (QED) is 0.863. The van der Waals surface area contributed by atoms with E-state index in [9.17, 15) is 9.59 Å². The van der Waals surface area contributed by atoms with Crippen molar-refractivity contribution in [2.75, 3.05) is 31.1 Å². The van der Waals surface area contributed by atoms with Gasteiger partial charge in [-0.1, -0.05) is 6.92 Å². The van der Waals surface area contributed by atoms with Crippen LogP contribution >= 0.6 is 0 Å². The first-order chi connectivity index (χ1) is 12.5. The number of hydrogen-bond acceptors (Lipinski definition) is 6. The number of rotatable bonds is 4. The Labute approximate surface area is 152 Å². The number of aryl methyl sites for hydroxylation is 3. The Kier molecular flexibility index (Phi) is 5.29. The summed E-state index contributed by atoms with van der Waals surface area (Å²) in [6.45, 7) is 8.22. The second kappa shape index (κ2) is 7.63. The molecule has 0 radical (unpaired) electrons. The Bertz CT molecular complexity index is 855. The largest absolute Gasteiger partial charge is 0.353 e. The van der Waals surface area contributed by atoms with E-state index in [0.29, 0.717) is 43.3 Å². The van der Waals surface area contributed by atoms with Crippen molar-refractivity contribution in [1.29, 1.82) is 0 Å². The molecular formula is C18H24N6O2. The normalized spacial score (nSPS) is 14.6. The maximum atomic E-state index is 12.6. The molecule has 2 aromatic rings. The fourth-order valence-corrected chi connectivity index (χ4v) is 3.16. The van der Waals surface area contributed by atoms with Crippen LogP contribution in [-0.2, 0) is 17.6 Å². The molecule has 0 saturated carbocycles. The van der Waals surface area contributed by atoms with Gasteiger partial charge in [0.25, 0.3) is 5.56 Å². The highest BCUT2D eigenvalue weighted by Crippen LogP contribution is 2.15. The van der Waals surface area contributed by atoms with E-state index in [0.717, 1.165) is 17.9 Å². The van der Waals surface area contributed by atoms with Crippen LogP contribution in [-0.4, -0.2) is 56.9 Å². The third kappa shape index (κ3) is 3.89. The third-order valence-electron chi connectivity index (χ3n) is 4.70. The average molecular weight is 356 g/mol. The van der Waals surface area contributed by atoms with E-state index >= 15 is 0 Å². The summed E-state index contributed by atoms with van der Waals surface area (Å²) >= 11 is 0. The predicted octanol–water partition coefficient (Wildman–Crippen LogP) is 0.630. The van der Waals surface area contributed by atoms with E-state index in [-0.39, 0.29) is 17.9 Å². The van der Waals surface area contributed by atoms with Gasteiger partial charge in [-0.3, -0.25) is 9.59 Å². The van der Waals surface area contributed by atoms with Crippen LogP contribution in [0.4, 0.5) is 5.82 Å². The SMILES string of the molecule is CCc1cc(N2CCN(C(=O)Cc3c(C)nc(C)[nH]c3=O)CC2)ncn1. The van der Waals surface area contributed by atoms with Gasteiger partial charge >= 0.3 is 0 Å². The maximum absolute atomic E-state index is 12.6. The van der Waals surface area contributed by atoms with Gasteiger partial charge in [-0.25, -0.2) is 15.0 Å². The number of carbonyl (C=O) groups excluding carboxylic acids is 1. The van der Waals surface area contributed by atoms with Gasteiger partial charge < -0.3 is 14.8 Å². The zero-order valence-corrected chi connectivity index (χ0v) is 15.4. The highest BCUT2D eigenvalue weighted by atomic mass is 16.2. The van der Waals surface area contributed by atoms with E-state index < -0.39 is 0 Å². The summed E-state index contributed by atoms with van der Waals surface area (Å²) in [5.41, 5.74) is 1.85. The van der Waals surface area contributed by atoms with Gasteiger partial charge in [0.2, 0.25) is 5.91 Å². The van der Waals surface area contributed by atoms with Crippen LogP contribution < -0.4 is 10.5 Å². The minimum Gasteiger partial charge on any atom is -0.353 e. The molecule has 3 rings (SSSR count). The summed E-state index contributed by atoms with van der Waals surface area (Å²) in [6, 6.07) is 2.00. The van der Waals surface area contributed by atoms with Crippen molar-refractivity contribution in [2.24, 2.45) is 0 Å². The van der Waals surface area contributed by atoms with E-state index in [1.807, 2.05) is 6.07 Å². The lowest BCUT2D eigenvalue weighted by atomic mass is 10.1. The van der Waals surface area contributed by atoms with E-state index in [4.69, 9.17) is 0 Å². The van der Waals surface area contributed by atoms with Crippen molar-refractivity contribution in [2.45, 2.75) is 33.6 Å². The van der Waals surface area contributed by atoms with Crippen LogP contribution in [0, 0.1) is 13.8 Å². The van der Waals surface area contributed by atoms with Crippen molar-refractivity contribution < 1.29 is 4.79 Å². The second-order valence-electron chi connectivity index (χ2n) is 6.48. The first-order valence-electron chi connectivity index (χ1n) is 8.88. The minimum absolute atomic E-state index is 0.0409. The number of aromatic amines is 1. The Balaban J connectivity index is 1.63. The highest BCUT2D eigenvalue weighted by Gasteiger charge is 2.23. The molecule has 1 fully saturated rings. The number of nitrogens with one attached hydrogen (secondary N) is 1. The number of carbonyl (C=O) groups is 1. The van der Waals surface area contributed by atoms with Crippen molar-refractivity contribution in [3.05, 3.63) is 45.5 Å². The molecule has 0 unspecified atom stereocenters. The van der Waals surface area contributed by atoms with Crippen LogP contribution in [0.15, 0.2) is 17.2 Å². The average Bonchev–Trinajstić information content (AvgIpc) is 2.64. The van der Waals surface area contributed by atoms with Crippen molar-refractivity contribution >= 4 is 11.7 Å². The van der Waals surface area contributed by atoms with Crippen LogP contribution in [0.5, 0.6) is 0 Å². The second-order valence-corrected chi connectivity index (χ2v) is 6.48. The van der Waals surface area contributed by atoms with E-state index in [1.165, 1.54) is 0 Å². The highest BCUT2D eigenvalue weighted by molar-refractivity contribution is 5.79. The number of nitrogens with zero attached hydrogens (tertiary/aromatic N) is 5. The predicted molar refractivity (Wildman–Crippen MR) is 98.2 cm³/mol. The molecule has 3 heterocycles. The van der Waals surface area contributed by atoms with Crippen LogP contribution in [0.3, 0.4) is 0 Å². The first-order valence-corrected chi connectivity index (χ1v) is 8.88. The third-order valence-corrected chi connectivity index (χ3v) is 4.70. The number of H-pyrrole nitrogens is 1. The molecule has 0 aliphatic carbocycles. The first kappa shape index (κ1) is 18.0. The molecule has 0 aromatic carbocycles. The maximum Gasteiger partial charge on any atom is 0.254 e. The molecule has 138 valence electrons. The molecule has 0 spiro atoms. The van der Waals surface area contributed by atoms with Gasteiger partial charge in [0.15, 0.2) is 0 Å². The molecule has 8 nitrogen and oxygen atoms in total.